The second kappa shape index (κ2) is 5.36. The standard InChI is InChI=1S/C17H14Cl2O2/c18-13-6-5-12(15(19)9-13)10-17(16(20)21)8-7-11-3-1-2-4-14(11)17/h1-6,9H,7-8,10H2,(H,20,21). The summed E-state index contributed by atoms with van der Waals surface area (Å²) in [5, 5.41) is 10.9. The van der Waals surface area contributed by atoms with Gasteiger partial charge in [0.15, 0.2) is 0 Å². The number of halogens is 2. The van der Waals surface area contributed by atoms with Gasteiger partial charge in [-0.2, -0.15) is 0 Å². The van der Waals surface area contributed by atoms with Gasteiger partial charge < -0.3 is 5.11 Å². The minimum Gasteiger partial charge on any atom is -0.481 e. The van der Waals surface area contributed by atoms with E-state index in [0.717, 1.165) is 23.1 Å². The van der Waals surface area contributed by atoms with E-state index in [1.165, 1.54) is 0 Å². The number of carbonyl (C=O) groups is 1. The fraction of sp³-hybridized carbons (Fsp3) is 0.235. The molecule has 0 radical (unpaired) electrons. The van der Waals surface area contributed by atoms with E-state index in [-0.39, 0.29) is 0 Å². The Balaban J connectivity index is 2.06. The maximum Gasteiger partial charge on any atom is 0.314 e. The molecule has 2 nitrogen and oxygen atoms in total. The number of aryl methyl sites for hydroxylation is 1. The van der Waals surface area contributed by atoms with Crippen LogP contribution in [0.5, 0.6) is 0 Å². The Morgan fingerprint density at radius 1 is 1.19 bits per heavy atom. The molecular formula is C17H14Cl2O2. The lowest BCUT2D eigenvalue weighted by Gasteiger charge is -2.26. The fourth-order valence-electron chi connectivity index (χ4n) is 3.16. The summed E-state index contributed by atoms with van der Waals surface area (Å²) < 4.78 is 0. The van der Waals surface area contributed by atoms with Crippen LogP contribution in [0.15, 0.2) is 42.5 Å². The molecule has 0 heterocycles. The third-order valence-electron chi connectivity index (χ3n) is 4.27. The number of rotatable bonds is 3. The second-order valence-electron chi connectivity index (χ2n) is 5.46. The highest BCUT2D eigenvalue weighted by Crippen LogP contribution is 2.42. The molecule has 0 bridgehead atoms. The molecule has 1 unspecified atom stereocenters. The highest BCUT2D eigenvalue weighted by Gasteiger charge is 2.45. The molecule has 0 spiro atoms. The summed E-state index contributed by atoms with van der Waals surface area (Å²) in [6.45, 7) is 0. The van der Waals surface area contributed by atoms with E-state index >= 15 is 0 Å². The van der Waals surface area contributed by atoms with E-state index in [9.17, 15) is 9.90 Å². The zero-order valence-corrected chi connectivity index (χ0v) is 12.8. The summed E-state index contributed by atoms with van der Waals surface area (Å²) in [7, 11) is 0. The molecule has 2 aromatic rings. The topological polar surface area (TPSA) is 37.3 Å². The maximum atomic E-state index is 12.0. The Labute approximate surface area is 133 Å². The van der Waals surface area contributed by atoms with Crippen LogP contribution in [-0.2, 0) is 23.1 Å². The first-order chi connectivity index (χ1) is 10.0. The first-order valence-electron chi connectivity index (χ1n) is 6.79. The predicted octanol–water partition coefficient (Wildman–Crippen LogP) is 4.50. The third-order valence-corrected chi connectivity index (χ3v) is 4.86. The first-order valence-corrected chi connectivity index (χ1v) is 7.54. The lowest BCUT2D eigenvalue weighted by Crippen LogP contribution is -2.36. The van der Waals surface area contributed by atoms with E-state index in [0.29, 0.717) is 22.9 Å². The van der Waals surface area contributed by atoms with Crippen molar-refractivity contribution < 1.29 is 9.90 Å². The number of carboxylic acid groups (broad SMARTS) is 1. The van der Waals surface area contributed by atoms with Gasteiger partial charge in [-0.05, 0) is 48.1 Å². The summed E-state index contributed by atoms with van der Waals surface area (Å²) in [6, 6.07) is 13.0. The van der Waals surface area contributed by atoms with Crippen molar-refractivity contribution in [3.63, 3.8) is 0 Å². The van der Waals surface area contributed by atoms with Crippen molar-refractivity contribution in [3.05, 3.63) is 69.2 Å². The number of benzene rings is 2. The van der Waals surface area contributed by atoms with Crippen LogP contribution in [0.2, 0.25) is 10.0 Å². The summed E-state index contributed by atoms with van der Waals surface area (Å²) in [4.78, 5) is 12.0. The van der Waals surface area contributed by atoms with Crippen molar-refractivity contribution >= 4 is 29.2 Å². The first kappa shape index (κ1) is 14.4. The summed E-state index contributed by atoms with van der Waals surface area (Å²) in [5.41, 5.74) is 1.95. The van der Waals surface area contributed by atoms with Gasteiger partial charge in [0, 0.05) is 10.0 Å². The zero-order valence-electron chi connectivity index (χ0n) is 11.3. The molecule has 1 aliphatic rings. The minimum atomic E-state index is -0.895. The van der Waals surface area contributed by atoms with E-state index in [1.54, 1.807) is 12.1 Å². The van der Waals surface area contributed by atoms with Crippen LogP contribution < -0.4 is 0 Å². The van der Waals surface area contributed by atoms with E-state index in [2.05, 4.69) is 0 Å². The van der Waals surface area contributed by atoms with Gasteiger partial charge in [-0.15, -0.1) is 0 Å². The van der Waals surface area contributed by atoms with E-state index < -0.39 is 11.4 Å². The lowest BCUT2D eigenvalue weighted by molar-refractivity contribution is -0.143. The lowest BCUT2D eigenvalue weighted by atomic mass is 9.76. The van der Waals surface area contributed by atoms with Crippen LogP contribution in [0.4, 0.5) is 0 Å². The molecule has 2 aromatic carbocycles. The van der Waals surface area contributed by atoms with Crippen molar-refractivity contribution in [2.24, 2.45) is 0 Å². The normalized spacial score (nSPS) is 20.3. The van der Waals surface area contributed by atoms with E-state index in [4.69, 9.17) is 23.2 Å². The molecule has 0 aliphatic heterocycles. The van der Waals surface area contributed by atoms with Crippen LogP contribution in [-0.4, -0.2) is 11.1 Å². The van der Waals surface area contributed by atoms with Crippen molar-refractivity contribution in [2.75, 3.05) is 0 Å². The molecule has 0 amide bonds. The Hall–Kier alpha value is -1.51. The monoisotopic (exact) mass is 320 g/mol. The smallest absolute Gasteiger partial charge is 0.314 e. The molecule has 1 N–H and O–H groups in total. The molecule has 1 atom stereocenters. The largest absolute Gasteiger partial charge is 0.481 e. The molecule has 0 aromatic heterocycles. The van der Waals surface area contributed by atoms with Crippen molar-refractivity contribution in [1.29, 1.82) is 0 Å². The average Bonchev–Trinajstić information content (AvgIpc) is 2.82. The Kier molecular flexibility index (Phi) is 3.68. The van der Waals surface area contributed by atoms with Crippen molar-refractivity contribution in [2.45, 2.75) is 24.7 Å². The van der Waals surface area contributed by atoms with Crippen molar-refractivity contribution in [3.8, 4) is 0 Å². The van der Waals surface area contributed by atoms with Gasteiger partial charge in [0.2, 0.25) is 0 Å². The SMILES string of the molecule is O=C(O)C1(Cc2ccc(Cl)cc2Cl)CCc2ccccc21. The average molecular weight is 321 g/mol. The Morgan fingerprint density at radius 2 is 1.95 bits per heavy atom. The molecule has 4 heteroatoms. The van der Waals surface area contributed by atoms with Gasteiger partial charge in [-0.3, -0.25) is 4.79 Å². The van der Waals surface area contributed by atoms with Crippen LogP contribution >= 0.6 is 23.2 Å². The van der Waals surface area contributed by atoms with Crippen LogP contribution in [0.25, 0.3) is 0 Å². The molecule has 0 saturated heterocycles. The molecule has 21 heavy (non-hydrogen) atoms. The molecule has 3 rings (SSSR count). The number of hydrogen-bond acceptors (Lipinski definition) is 1. The van der Waals surface area contributed by atoms with Gasteiger partial charge in [0.1, 0.15) is 0 Å². The molecular weight excluding hydrogens is 307 g/mol. The second-order valence-corrected chi connectivity index (χ2v) is 6.30. The highest BCUT2D eigenvalue weighted by molar-refractivity contribution is 6.35. The Morgan fingerprint density at radius 3 is 2.67 bits per heavy atom. The number of carboxylic acids is 1. The molecule has 1 aliphatic carbocycles. The number of fused-ring (bicyclic) bond motifs is 1. The quantitative estimate of drug-likeness (QED) is 0.903. The fourth-order valence-corrected chi connectivity index (χ4v) is 3.63. The molecule has 108 valence electrons. The Bertz CT molecular complexity index is 712. The maximum absolute atomic E-state index is 12.0. The van der Waals surface area contributed by atoms with Gasteiger partial charge >= 0.3 is 5.97 Å². The van der Waals surface area contributed by atoms with Crippen LogP contribution in [0.3, 0.4) is 0 Å². The summed E-state index contributed by atoms with van der Waals surface area (Å²) in [5.74, 6) is -0.793. The zero-order chi connectivity index (χ0) is 15.0. The number of aliphatic carboxylic acids is 1. The van der Waals surface area contributed by atoms with E-state index in [1.807, 2.05) is 30.3 Å². The van der Waals surface area contributed by atoms with Gasteiger partial charge in [-0.25, -0.2) is 0 Å². The predicted molar refractivity (Wildman–Crippen MR) is 84.2 cm³/mol. The number of hydrogen-bond donors (Lipinski definition) is 1. The van der Waals surface area contributed by atoms with Crippen LogP contribution in [0, 0.1) is 0 Å². The molecule has 0 fully saturated rings. The van der Waals surface area contributed by atoms with Crippen molar-refractivity contribution in [1.82, 2.24) is 0 Å². The van der Waals surface area contributed by atoms with Gasteiger partial charge in [0.25, 0.3) is 0 Å². The third kappa shape index (κ3) is 2.43. The van der Waals surface area contributed by atoms with Gasteiger partial charge in [0.05, 0.1) is 5.41 Å². The summed E-state index contributed by atoms with van der Waals surface area (Å²) >= 11 is 12.1. The minimum absolute atomic E-state index is 0.384. The molecule has 0 saturated carbocycles. The van der Waals surface area contributed by atoms with Gasteiger partial charge in [-0.1, -0.05) is 53.5 Å². The highest BCUT2D eigenvalue weighted by atomic mass is 35.5. The van der Waals surface area contributed by atoms with Crippen LogP contribution in [0.1, 0.15) is 23.1 Å². The summed E-state index contributed by atoms with van der Waals surface area (Å²) in [6.07, 6.45) is 1.77.